The molecule has 0 atom stereocenters. The highest BCUT2D eigenvalue weighted by molar-refractivity contribution is 5.97. The maximum absolute atomic E-state index is 12.3. The van der Waals surface area contributed by atoms with Gasteiger partial charge in [0.25, 0.3) is 5.91 Å². The largest absolute Gasteiger partial charge is 0.496 e. The molecule has 0 saturated carbocycles. The topological polar surface area (TPSA) is 58.6 Å². The Labute approximate surface area is 142 Å². The Hall–Kier alpha value is -2.82. The Bertz CT molecular complexity index is 728. The van der Waals surface area contributed by atoms with Crippen LogP contribution < -0.4 is 15.0 Å². The van der Waals surface area contributed by atoms with Crippen LogP contribution >= 0.6 is 0 Å². The molecule has 0 spiro atoms. The molecule has 5 heteroatoms. The monoisotopic (exact) mass is 326 g/mol. The number of methoxy groups -OCH3 is 1. The van der Waals surface area contributed by atoms with E-state index in [2.05, 4.69) is 5.32 Å². The third kappa shape index (κ3) is 4.35. The van der Waals surface area contributed by atoms with Gasteiger partial charge in [-0.2, -0.15) is 0 Å². The molecule has 0 aliphatic carbocycles. The summed E-state index contributed by atoms with van der Waals surface area (Å²) in [5.41, 5.74) is 2.38. The predicted molar refractivity (Wildman–Crippen MR) is 94.5 cm³/mol. The highest BCUT2D eigenvalue weighted by Crippen LogP contribution is 2.17. The number of rotatable bonds is 6. The summed E-state index contributed by atoms with van der Waals surface area (Å²) in [6.45, 7) is 4.25. The third-order valence-corrected chi connectivity index (χ3v) is 3.67. The van der Waals surface area contributed by atoms with Crippen LogP contribution in [0.5, 0.6) is 5.75 Å². The number of nitrogens with one attached hydrogen (secondary N) is 1. The molecule has 0 saturated heterocycles. The van der Waals surface area contributed by atoms with Crippen molar-refractivity contribution in [2.75, 3.05) is 25.1 Å². The van der Waals surface area contributed by atoms with Crippen molar-refractivity contribution in [1.29, 1.82) is 0 Å². The van der Waals surface area contributed by atoms with E-state index in [0.29, 0.717) is 24.4 Å². The molecule has 0 heterocycles. The Morgan fingerprint density at radius 1 is 1.12 bits per heavy atom. The van der Waals surface area contributed by atoms with Crippen LogP contribution in [0.2, 0.25) is 0 Å². The molecule has 2 amide bonds. The summed E-state index contributed by atoms with van der Waals surface area (Å²) in [7, 11) is 1.53. The lowest BCUT2D eigenvalue weighted by molar-refractivity contribution is -0.116. The van der Waals surface area contributed by atoms with Crippen molar-refractivity contribution in [2.24, 2.45) is 0 Å². The van der Waals surface area contributed by atoms with Crippen LogP contribution in [0.1, 0.15) is 22.8 Å². The summed E-state index contributed by atoms with van der Waals surface area (Å²) in [6.07, 6.45) is 0. The van der Waals surface area contributed by atoms with Crippen molar-refractivity contribution in [3.05, 3.63) is 59.7 Å². The lowest BCUT2D eigenvalue weighted by atomic mass is 10.2. The number of nitrogens with zero attached hydrogens (tertiary/aromatic N) is 1. The molecule has 126 valence electrons. The van der Waals surface area contributed by atoms with Gasteiger partial charge in [0.05, 0.1) is 12.7 Å². The van der Waals surface area contributed by atoms with Crippen molar-refractivity contribution in [3.63, 3.8) is 0 Å². The highest BCUT2D eigenvalue weighted by Gasteiger charge is 2.14. The fourth-order valence-corrected chi connectivity index (χ4v) is 2.47. The number of para-hydroxylation sites is 1. The SMILES string of the molecule is COc1ccccc1C(=O)NCCN(C(C)=O)c1cccc(C)c1. The van der Waals surface area contributed by atoms with Gasteiger partial charge in [-0.05, 0) is 36.8 Å². The normalized spacial score (nSPS) is 10.1. The maximum Gasteiger partial charge on any atom is 0.255 e. The first kappa shape index (κ1) is 17.5. The summed E-state index contributed by atoms with van der Waals surface area (Å²) >= 11 is 0. The molecule has 0 radical (unpaired) electrons. The first-order valence-electron chi connectivity index (χ1n) is 7.79. The second-order valence-corrected chi connectivity index (χ2v) is 5.47. The molecule has 0 aliphatic rings. The van der Waals surface area contributed by atoms with E-state index in [1.165, 1.54) is 14.0 Å². The van der Waals surface area contributed by atoms with Crippen molar-refractivity contribution in [1.82, 2.24) is 5.32 Å². The Kier molecular flexibility index (Phi) is 5.95. The summed E-state index contributed by atoms with van der Waals surface area (Å²) in [4.78, 5) is 25.8. The number of ether oxygens (including phenoxy) is 1. The number of amides is 2. The summed E-state index contributed by atoms with van der Waals surface area (Å²) in [5, 5.41) is 2.83. The standard InChI is InChI=1S/C19H22N2O3/c1-14-7-6-8-16(13-14)21(15(2)22)12-11-20-19(23)17-9-4-5-10-18(17)24-3/h4-10,13H,11-12H2,1-3H3,(H,20,23). The smallest absolute Gasteiger partial charge is 0.255 e. The van der Waals surface area contributed by atoms with Gasteiger partial charge in [0.2, 0.25) is 5.91 Å². The zero-order chi connectivity index (χ0) is 17.5. The molecule has 0 fully saturated rings. The van der Waals surface area contributed by atoms with Crippen molar-refractivity contribution >= 4 is 17.5 Å². The van der Waals surface area contributed by atoms with Crippen molar-refractivity contribution in [2.45, 2.75) is 13.8 Å². The minimum absolute atomic E-state index is 0.0628. The van der Waals surface area contributed by atoms with Gasteiger partial charge < -0.3 is 15.0 Å². The van der Waals surface area contributed by atoms with Crippen LogP contribution in [0.4, 0.5) is 5.69 Å². The van der Waals surface area contributed by atoms with Crippen LogP contribution in [-0.2, 0) is 4.79 Å². The number of hydrogen-bond acceptors (Lipinski definition) is 3. The van der Waals surface area contributed by atoms with Gasteiger partial charge in [-0.25, -0.2) is 0 Å². The number of benzene rings is 2. The minimum Gasteiger partial charge on any atom is -0.496 e. The highest BCUT2D eigenvalue weighted by atomic mass is 16.5. The van der Waals surface area contributed by atoms with E-state index < -0.39 is 0 Å². The molecule has 0 aromatic heterocycles. The van der Waals surface area contributed by atoms with E-state index in [-0.39, 0.29) is 11.8 Å². The predicted octanol–water partition coefficient (Wildman–Crippen LogP) is 2.79. The van der Waals surface area contributed by atoms with Gasteiger partial charge in [0.15, 0.2) is 0 Å². The molecular weight excluding hydrogens is 304 g/mol. The number of aryl methyl sites for hydroxylation is 1. The van der Waals surface area contributed by atoms with E-state index in [1.54, 1.807) is 23.1 Å². The quantitative estimate of drug-likeness (QED) is 0.888. The van der Waals surface area contributed by atoms with Crippen LogP contribution in [0.25, 0.3) is 0 Å². The number of carbonyl (C=O) groups excluding carboxylic acids is 2. The minimum atomic E-state index is -0.222. The van der Waals surface area contributed by atoms with Crippen LogP contribution in [0, 0.1) is 6.92 Å². The van der Waals surface area contributed by atoms with Crippen molar-refractivity contribution < 1.29 is 14.3 Å². The van der Waals surface area contributed by atoms with E-state index in [9.17, 15) is 9.59 Å². The van der Waals surface area contributed by atoms with E-state index >= 15 is 0 Å². The zero-order valence-corrected chi connectivity index (χ0v) is 14.2. The summed E-state index contributed by atoms with van der Waals surface area (Å²) in [6, 6.07) is 14.8. The fraction of sp³-hybridized carbons (Fsp3) is 0.263. The second kappa shape index (κ2) is 8.15. The van der Waals surface area contributed by atoms with Gasteiger partial charge in [0, 0.05) is 25.7 Å². The van der Waals surface area contributed by atoms with Crippen LogP contribution in [-0.4, -0.2) is 32.0 Å². The van der Waals surface area contributed by atoms with Crippen LogP contribution in [0.15, 0.2) is 48.5 Å². The number of hydrogen-bond donors (Lipinski definition) is 1. The lowest BCUT2D eigenvalue weighted by Crippen LogP contribution is -2.37. The first-order valence-corrected chi connectivity index (χ1v) is 7.79. The van der Waals surface area contributed by atoms with Crippen molar-refractivity contribution in [3.8, 4) is 5.75 Å². The molecule has 2 rings (SSSR count). The fourth-order valence-electron chi connectivity index (χ4n) is 2.47. The molecule has 2 aromatic carbocycles. The first-order chi connectivity index (χ1) is 11.5. The van der Waals surface area contributed by atoms with Gasteiger partial charge >= 0.3 is 0 Å². The molecule has 1 N–H and O–H groups in total. The molecule has 0 bridgehead atoms. The Morgan fingerprint density at radius 2 is 1.88 bits per heavy atom. The van der Waals surface area contributed by atoms with E-state index in [1.807, 2.05) is 37.3 Å². The van der Waals surface area contributed by atoms with Gasteiger partial charge in [-0.3, -0.25) is 9.59 Å². The molecule has 5 nitrogen and oxygen atoms in total. The summed E-state index contributed by atoms with van der Waals surface area (Å²) < 4.78 is 5.19. The maximum atomic E-state index is 12.3. The van der Waals surface area contributed by atoms with E-state index in [0.717, 1.165) is 11.3 Å². The van der Waals surface area contributed by atoms with Gasteiger partial charge in [-0.1, -0.05) is 24.3 Å². The molecule has 24 heavy (non-hydrogen) atoms. The third-order valence-electron chi connectivity index (χ3n) is 3.67. The average Bonchev–Trinajstić information content (AvgIpc) is 2.58. The lowest BCUT2D eigenvalue weighted by Gasteiger charge is -2.22. The Balaban J connectivity index is 2.00. The number of carbonyl (C=O) groups is 2. The number of anilines is 1. The second-order valence-electron chi connectivity index (χ2n) is 5.47. The zero-order valence-electron chi connectivity index (χ0n) is 14.2. The molecular formula is C19H22N2O3. The van der Waals surface area contributed by atoms with Crippen LogP contribution in [0.3, 0.4) is 0 Å². The van der Waals surface area contributed by atoms with E-state index in [4.69, 9.17) is 4.74 Å². The Morgan fingerprint density at radius 3 is 2.54 bits per heavy atom. The van der Waals surface area contributed by atoms with Gasteiger partial charge in [-0.15, -0.1) is 0 Å². The molecule has 2 aromatic rings. The molecule has 0 unspecified atom stereocenters. The van der Waals surface area contributed by atoms with Gasteiger partial charge in [0.1, 0.15) is 5.75 Å². The molecule has 0 aliphatic heterocycles. The average molecular weight is 326 g/mol. The summed E-state index contributed by atoms with van der Waals surface area (Å²) in [5.74, 6) is 0.240.